The molecule has 2 aromatic rings. The molecule has 0 fully saturated rings. The summed E-state index contributed by atoms with van der Waals surface area (Å²) in [5.41, 5.74) is 0.504. The number of aliphatic carboxylic acids is 1. The van der Waals surface area contributed by atoms with Crippen molar-refractivity contribution in [3.63, 3.8) is 0 Å². The van der Waals surface area contributed by atoms with Gasteiger partial charge in [-0.3, -0.25) is 29.0 Å². The summed E-state index contributed by atoms with van der Waals surface area (Å²) in [5.74, 6) is -4.24. The lowest BCUT2D eigenvalue weighted by atomic mass is 10.0. The predicted octanol–water partition coefficient (Wildman–Crippen LogP) is 2.15. The van der Waals surface area contributed by atoms with Crippen LogP contribution in [0.1, 0.15) is 54.3 Å². The fourth-order valence-corrected chi connectivity index (χ4v) is 4.02. The van der Waals surface area contributed by atoms with Crippen molar-refractivity contribution in [1.82, 2.24) is 9.80 Å². The molecule has 1 N–H and O–H groups in total. The molecule has 4 rings (SSSR count). The van der Waals surface area contributed by atoms with Crippen LogP contribution < -0.4 is 0 Å². The largest absolute Gasteiger partial charge is 0.480 e. The van der Waals surface area contributed by atoms with Crippen LogP contribution in [0.5, 0.6) is 0 Å². The summed E-state index contributed by atoms with van der Waals surface area (Å²) >= 11 is 0. The van der Waals surface area contributed by atoms with Crippen LogP contribution in [0.4, 0.5) is 4.39 Å². The predicted molar refractivity (Wildman–Crippen MR) is 104 cm³/mol. The SMILES string of the molecule is O=C(O)C(CCC(CF)N1C(=O)c2ccccc2C1=O)N1C(=O)c2ccccc2C1=O. The minimum atomic E-state index is -1.56. The number of carboxylic acid groups (broad SMARTS) is 1. The molecule has 0 radical (unpaired) electrons. The summed E-state index contributed by atoms with van der Waals surface area (Å²) < 4.78 is 13.8. The smallest absolute Gasteiger partial charge is 0.326 e. The topological polar surface area (TPSA) is 112 Å². The molecule has 0 spiro atoms. The summed E-state index contributed by atoms with van der Waals surface area (Å²) in [6, 6.07) is 9.29. The van der Waals surface area contributed by atoms with E-state index >= 15 is 0 Å². The van der Waals surface area contributed by atoms with Crippen LogP contribution in [0.2, 0.25) is 0 Å². The van der Waals surface area contributed by atoms with Crippen LogP contribution >= 0.6 is 0 Å². The van der Waals surface area contributed by atoms with Gasteiger partial charge in [-0.25, -0.2) is 9.18 Å². The molecule has 9 heteroatoms. The number of carbonyl (C=O) groups excluding carboxylic acids is 4. The normalized spacial score (nSPS) is 17.1. The van der Waals surface area contributed by atoms with Gasteiger partial charge >= 0.3 is 5.97 Å². The van der Waals surface area contributed by atoms with Crippen LogP contribution in [0.15, 0.2) is 48.5 Å². The van der Waals surface area contributed by atoms with E-state index in [9.17, 15) is 33.5 Å². The second kappa shape index (κ2) is 7.75. The van der Waals surface area contributed by atoms with Crippen molar-refractivity contribution in [2.75, 3.05) is 6.67 Å². The Bertz CT molecular complexity index is 1060. The molecule has 0 saturated carbocycles. The molecule has 2 atom stereocenters. The van der Waals surface area contributed by atoms with Gasteiger partial charge in [-0.2, -0.15) is 0 Å². The monoisotopic (exact) mass is 424 g/mol. The van der Waals surface area contributed by atoms with Crippen LogP contribution in [0.3, 0.4) is 0 Å². The van der Waals surface area contributed by atoms with Gasteiger partial charge in [0, 0.05) is 0 Å². The zero-order valence-electron chi connectivity index (χ0n) is 16.2. The van der Waals surface area contributed by atoms with E-state index < -0.39 is 48.4 Å². The number of fused-ring (bicyclic) bond motifs is 2. The lowest BCUT2D eigenvalue weighted by Crippen LogP contribution is -2.47. The van der Waals surface area contributed by atoms with Gasteiger partial charge in [0.05, 0.1) is 28.3 Å². The number of imide groups is 2. The Hall–Kier alpha value is -3.88. The van der Waals surface area contributed by atoms with E-state index in [4.69, 9.17) is 0 Å². The lowest BCUT2D eigenvalue weighted by molar-refractivity contribution is -0.141. The quantitative estimate of drug-likeness (QED) is 0.682. The van der Waals surface area contributed by atoms with E-state index in [1.807, 2.05) is 0 Å². The van der Waals surface area contributed by atoms with Gasteiger partial charge in [0.2, 0.25) is 0 Å². The maximum Gasteiger partial charge on any atom is 0.326 e. The summed E-state index contributed by atoms with van der Waals surface area (Å²) in [5, 5.41) is 9.66. The van der Waals surface area contributed by atoms with Gasteiger partial charge in [-0.05, 0) is 37.1 Å². The van der Waals surface area contributed by atoms with Crippen LogP contribution in [0.25, 0.3) is 0 Å². The third kappa shape index (κ3) is 3.18. The molecule has 2 unspecified atom stereocenters. The Kier molecular flexibility index (Phi) is 5.10. The molecule has 2 aliphatic rings. The van der Waals surface area contributed by atoms with Crippen molar-refractivity contribution in [3.8, 4) is 0 Å². The van der Waals surface area contributed by atoms with E-state index in [1.165, 1.54) is 24.3 Å². The Morgan fingerprint density at radius 2 is 1.13 bits per heavy atom. The molecule has 8 nitrogen and oxygen atoms in total. The molecule has 4 amide bonds. The maximum atomic E-state index is 13.8. The van der Waals surface area contributed by atoms with Gasteiger partial charge in [-0.1, -0.05) is 24.3 Å². The van der Waals surface area contributed by atoms with E-state index in [0.29, 0.717) is 4.90 Å². The highest BCUT2D eigenvalue weighted by atomic mass is 19.1. The summed E-state index contributed by atoms with van der Waals surface area (Å²) in [6.45, 7) is -1.08. The first-order valence-corrected chi connectivity index (χ1v) is 9.59. The minimum absolute atomic E-state index is 0.0983. The number of alkyl halides is 1. The first-order chi connectivity index (χ1) is 14.9. The van der Waals surface area contributed by atoms with Crippen molar-refractivity contribution >= 4 is 29.6 Å². The second-order valence-electron chi connectivity index (χ2n) is 7.29. The highest BCUT2D eigenvalue weighted by molar-refractivity contribution is 6.23. The molecule has 0 aromatic heterocycles. The van der Waals surface area contributed by atoms with Gasteiger partial charge in [0.1, 0.15) is 12.7 Å². The van der Waals surface area contributed by atoms with Crippen molar-refractivity contribution < 1.29 is 33.5 Å². The Morgan fingerprint density at radius 1 is 0.742 bits per heavy atom. The van der Waals surface area contributed by atoms with Crippen molar-refractivity contribution in [3.05, 3.63) is 70.8 Å². The van der Waals surface area contributed by atoms with Gasteiger partial charge < -0.3 is 5.11 Å². The van der Waals surface area contributed by atoms with Crippen molar-refractivity contribution in [2.24, 2.45) is 0 Å². The minimum Gasteiger partial charge on any atom is -0.480 e. The first kappa shape index (κ1) is 20.4. The Labute approximate surface area is 175 Å². The van der Waals surface area contributed by atoms with Gasteiger partial charge in [0.15, 0.2) is 0 Å². The molecule has 0 aliphatic carbocycles. The molecule has 0 bridgehead atoms. The summed E-state index contributed by atoms with van der Waals surface area (Å²) in [6.07, 6.45) is -0.546. The number of nitrogens with zero attached hydrogens (tertiary/aromatic N) is 2. The number of carbonyl (C=O) groups is 5. The Morgan fingerprint density at radius 3 is 1.48 bits per heavy atom. The first-order valence-electron chi connectivity index (χ1n) is 9.59. The zero-order chi connectivity index (χ0) is 22.3. The average Bonchev–Trinajstić information content (AvgIpc) is 3.17. The molecule has 2 aromatic carbocycles. The van der Waals surface area contributed by atoms with Gasteiger partial charge in [0.25, 0.3) is 23.6 Å². The van der Waals surface area contributed by atoms with E-state index in [2.05, 4.69) is 0 Å². The third-order valence-corrected chi connectivity index (χ3v) is 5.56. The van der Waals surface area contributed by atoms with E-state index in [0.717, 1.165) is 4.90 Å². The summed E-state index contributed by atoms with van der Waals surface area (Å²) in [4.78, 5) is 63.7. The molecule has 158 valence electrons. The van der Waals surface area contributed by atoms with Gasteiger partial charge in [-0.15, -0.1) is 0 Å². The number of halogens is 1. The molecule has 2 heterocycles. The van der Waals surface area contributed by atoms with Crippen molar-refractivity contribution in [1.29, 1.82) is 0 Å². The van der Waals surface area contributed by atoms with Crippen molar-refractivity contribution in [2.45, 2.75) is 24.9 Å². The number of carboxylic acids is 1. The lowest BCUT2D eigenvalue weighted by Gasteiger charge is -2.27. The zero-order valence-corrected chi connectivity index (χ0v) is 16.2. The van der Waals surface area contributed by atoms with Crippen LogP contribution in [-0.4, -0.2) is 63.3 Å². The number of rotatable bonds is 7. The second-order valence-corrected chi connectivity index (χ2v) is 7.29. The van der Waals surface area contributed by atoms with Crippen LogP contribution in [0, 0.1) is 0 Å². The fourth-order valence-electron chi connectivity index (χ4n) is 4.02. The third-order valence-electron chi connectivity index (χ3n) is 5.56. The number of hydrogen-bond acceptors (Lipinski definition) is 5. The van der Waals surface area contributed by atoms with E-state index in [1.54, 1.807) is 24.3 Å². The molecule has 2 aliphatic heterocycles. The number of amides is 4. The number of hydrogen-bond donors (Lipinski definition) is 1. The Balaban J connectivity index is 1.55. The average molecular weight is 424 g/mol. The number of benzene rings is 2. The molecule has 0 saturated heterocycles. The highest BCUT2D eigenvalue weighted by Gasteiger charge is 2.44. The summed E-state index contributed by atoms with van der Waals surface area (Å²) in [7, 11) is 0. The molecular weight excluding hydrogens is 407 g/mol. The molecular formula is C22H17FN2O6. The highest BCUT2D eigenvalue weighted by Crippen LogP contribution is 2.29. The van der Waals surface area contributed by atoms with E-state index in [-0.39, 0.29) is 35.1 Å². The molecule has 31 heavy (non-hydrogen) atoms. The maximum absolute atomic E-state index is 13.8. The van der Waals surface area contributed by atoms with Crippen LogP contribution in [-0.2, 0) is 4.79 Å². The standard InChI is InChI=1S/C22H17FN2O6/c23-11-12(24-18(26)13-5-1-2-6-14(13)19(24)27)9-10-17(22(30)31)25-20(28)15-7-3-4-8-16(15)21(25)29/h1-8,12,17H,9-11H2,(H,30,31). The fraction of sp³-hybridized carbons (Fsp3) is 0.227.